The second kappa shape index (κ2) is 14.7. The number of hydrogen-bond acceptors (Lipinski definition) is 5. The van der Waals surface area contributed by atoms with E-state index < -0.39 is 34.9 Å². The SMILES string of the molecule is Cc1ccccc1CNC(=O)C1N(C(=O)C(O)C(Cc2ccccc2)NC(=O)Nc2ccc(-c3ccccc3)cc2)CSC1(C)C. The predicted octanol–water partition coefficient (Wildman–Crippen LogP) is 5.75. The number of thioether (sulfide) groups is 1. The first-order valence-corrected chi connectivity index (χ1v) is 16.3. The normalized spacial score (nSPS) is 16.7. The number of aryl methyl sites for hydroxylation is 1. The number of hydrogen-bond donors (Lipinski definition) is 4. The van der Waals surface area contributed by atoms with E-state index in [-0.39, 0.29) is 18.2 Å². The molecule has 8 nitrogen and oxygen atoms in total. The lowest BCUT2D eigenvalue weighted by molar-refractivity contribution is -0.147. The van der Waals surface area contributed by atoms with Crippen molar-refractivity contribution >= 4 is 35.3 Å². The molecule has 0 spiro atoms. The molecule has 1 saturated heterocycles. The first kappa shape index (κ1) is 32.8. The molecule has 0 bridgehead atoms. The van der Waals surface area contributed by atoms with Gasteiger partial charge in [-0.15, -0.1) is 11.8 Å². The summed E-state index contributed by atoms with van der Waals surface area (Å²) >= 11 is 1.48. The van der Waals surface area contributed by atoms with Crippen LogP contribution in [0.3, 0.4) is 0 Å². The van der Waals surface area contributed by atoms with E-state index in [1.165, 1.54) is 16.7 Å². The van der Waals surface area contributed by atoms with Crippen molar-refractivity contribution in [1.29, 1.82) is 0 Å². The molecule has 0 aliphatic carbocycles. The molecule has 4 N–H and O–H groups in total. The van der Waals surface area contributed by atoms with Gasteiger partial charge in [0.1, 0.15) is 6.04 Å². The molecule has 0 aromatic heterocycles. The van der Waals surface area contributed by atoms with Crippen molar-refractivity contribution in [2.75, 3.05) is 11.2 Å². The molecule has 3 atom stereocenters. The van der Waals surface area contributed by atoms with Crippen LogP contribution in [0.1, 0.15) is 30.5 Å². The zero-order valence-electron chi connectivity index (χ0n) is 26.3. The Kier molecular flexibility index (Phi) is 10.4. The van der Waals surface area contributed by atoms with Crippen LogP contribution in [0.25, 0.3) is 11.1 Å². The third-order valence-corrected chi connectivity index (χ3v) is 9.67. The topological polar surface area (TPSA) is 111 Å². The van der Waals surface area contributed by atoms with E-state index in [1.54, 1.807) is 12.1 Å². The van der Waals surface area contributed by atoms with Gasteiger partial charge in [0.25, 0.3) is 5.91 Å². The van der Waals surface area contributed by atoms with Gasteiger partial charge in [0.2, 0.25) is 5.91 Å². The highest BCUT2D eigenvalue weighted by molar-refractivity contribution is 8.00. The first-order valence-electron chi connectivity index (χ1n) is 15.3. The number of urea groups is 1. The maximum absolute atomic E-state index is 13.9. The Morgan fingerprint density at radius 1 is 0.870 bits per heavy atom. The highest BCUT2D eigenvalue weighted by Crippen LogP contribution is 2.40. The summed E-state index contributed by atoms with van der Waals surface area (Å²) < 4.78 is -0.586. The van der Waals surface area contributed by atoms with E-state index in [0.717, 1.165) is 27.8 Å². The van der Waals surface area contributed by atoms with Gasteiger partial charge in [-0.2, -0.15) is 0 Å². The molecule has 0 saturated carbocycles. The summed E-state index contributed by atoms with van der Waals surface area (Å²) in [5, 5.41) is 20.2. The number of nitrogens with zero attached hydrogens (tertiary/aromatic N) is 1. The highest BCUT2D eigenvalue weighted by Gasteiger charge is 2.49. The molecule has 4 aromatic carbocycles. The van der Waals surface area contributed by atoms with Crippen LogP contribution in [0.4, 0.5) is 10.5 Å². The van der Waals surface area contributed by atoms with Crippen LogP contribution >= 0.6 is 11.8 Å². The van der Waals surface area contributed by atoms with Crippen LogP contribution in [0.2, 0.25) is 0 Å². The van der Waals surface area contributed by atoms with Gasteiger partial charge in [0, 0.05) is 17.0 Å². The molecule has 0 radical (unpaired) electrons. The number of carbonyl (C=O) groups excluding carboxylic acids is 3. The molecule has 1 aliphatic rings. The molecule has 1 aliphatic heterocycles. The first-order chi connectivity index (χ1) is 22.1. The van der Waals surface area contributed by atoms with Crippen molar-refractivity contribution in [2.24, 2.45) is 0 Å². The Morgan fingerprint density at radius 2 is 1.48 bits per heavy atom. The van der Waals surface area contributed by atoms with Gasteiger partial charge in [-0.3, -0.25) is 9.59 Å². The van der Waals surface area contributed by atoms with Crippen molar-refractivity contribution in [3.8, 4) is 11.1 Å². The Labute approximate surface area is 274 Å². The summed E-state index contributed by atoms with van der Waals surface area (Å²) in [5.74, 6) is -0.658. The third-order valence-electron chi connectivity index (χ3n) is 8.29. The molecule has 1 fully saturated rings. The van der Waals surface area contributed by atoms with Crippen LogP contribution in [0, 0.1) is 6.92 Å². The predicted molar refractivity (Wildman–Crippen MR) is 184 cm³/mol. The average Bonchev–Trinajstić information content (AvgIpc) is 3.39. The lowest BCUT2D eigenvalue weighted by Gasteiger charge is -2.33. The van der Waals surface area contributed by atoms with Crippen LogP contribution < -0.4 is 16.0 Å². The van der Waals surface area contributed by atoms with E-state index in [9.17, 15) is 19.5 Å². The summed E-state index contributed by atoms with van der Waals surface area (Å²) in [6.07, 6.45) is -1.38. The molecule has 9 heteroatoms. The van der Waals surface area contributed by atoms with Crippen LogP contribution in [0.15, 0.2) is 109 Å². The fourth-order valence-electron chi connectivity index (χ4n) is 5.66. The number of anilines is 1. The van der Waals surface area contributed by atoms with E-state index in [1.807, 2.05) is 118 Å². The van der Waals surface area contributed by atoms with Crippen molar-refractivity contribution in [3.63, 3.8) is 0 Å². The van der Waals surface area contributed by atoms with E-state index in [4.69, 9.17) is 0 Å². The van der Waals surface area contributed by atoms with Gasteiger partial charge < -0.3 is 26.0 Å². The molecule has 46 heavy (non-hydrogen) atoms. The standard InChI is InChI=1S/C37H40N4O4S/c1-25-12-10-11-17-29(25)23-38-34(43)33-37(2,3)46-24-41(33)35(44)32(42)31(22-26-13-6-4-7-14-26)40-36(45)39-30-20-18-28(19-21-30)27-15-8-5-9-16-27/h4-21,31-33,42H,22-24H2,1-3H3,(H,38,43)(H2,39,40,45). The zero-order valence-corrected chi connectivity index (χ0v) is 27.1. The minimum Gasteiger partial charge on any atom is -0.381 e. The number of nitrogens with one attached hydrogen (secondary N) is 3. The smallest absolute Gasteiger partial charge is 0.319 e. The van der Waals surface area contributed by atoms with E-state index >= 15 is 0 Å². The van der Waals surface area contributed by atoms with Crippen molar-refractivity contribution in [1.82, 2.24) is 15.5 Å². The van der Waals surface area contributed by atoms with Crippen molar-refractivity contribution < 1.29 is 19.5 Å². The van der Waals surface area contributed by atoms with Gasteiger partial charge in [0.15, 0.2) is 6.10 Å². The van der Waals surface area contributed by atoms with Gasteiger partial charge in [-0.05, 0) is 67.1 Å². The lowest BCUT2D eigenvalue weighted by Crippen LogP contribution is -2.59. The number of carbonyl (C=O) groups is 3. The molecule has 5 rings (SSSR count). The molecular weight excluding hydrogens is 596 g/mol. The Balaban J connectivity index is 1.30. The fourth-order valence-corrected chi connectivity index (χ4v) is 6.80. The number of rotatable bonds is 10. The Hall–Kier alpha value is -4.60. The fraction of sp³-hybridized carbons (Fsp3) is 0.270. The molecule has 1 heterocycles. The number of aliphatic hydroxyl groups excluding tert-OH is 1. The van der Waals surface area contributed by atoms with Crippen LogP contribution in [0.5, 0.6) is 0 Å². The lowest BCUT2D eigenvalue weighted by atomic mass is 9.97. The minimum absolute atomic E-state index is 0.211. The molecular formula is C37H40N4O4S. The van der Waals surface area contributed by atoms with Gasteiger partial charge in [-0.25, -0.2) is 4.79 Å². The third kappa shape index (κ3) is 7.97. The average molecular weight is 637 g/mol. The summed E-state index contributed by atoms with van der Waals surface area (Å²) in [4.78, 5) is 42.1. The van der Waals surface area contributed by atoms with E-state index in [2.05, 4.69) is 16.0 Å². The van der Waals surface area contributed by atoms with Crippen molar-refractivity contribution in [2.45, 2.75) is 56.7 Å². The Morgan fingerprint density at radius 3 is 2.15 bits per heavy atom. The largest absolute Gasteiger partial charge is 0.381 e. The van der Waals surface area contributed by atoms with Crippen molar-refractivity contribution in [3.05, 3.63) is 126 Å². The zero-order chi connectivity index (χ0) is 32.7. The maximum atomic E-state index is 13.9. The monoisotopic (exact) mass is 636 g/mol. The molecule has 238 valence electrons. The number of benzene rings is 4. The molecule has 4 aromatic rings. The van der Waals surface area contributed by atoms with E-state index in [0.29, 0.717) is 12.2 Å². The van der Waals surface area contributed by atoms with Gasteiger partial charge in [0.05, 0.1) is 11.9 Å². The second-order valence-electron chi connectivity index (χ2n) is 12.0. The summed E-state index contributed by atoms with van der Waals surface area (Å²) in [7, 11) is 0. The maximum Gasteiger partial charge on any atom is 0.319 e. The quantitative estimate of drug-likeness (QED) is 0.177. The second-order valence-corrected chi connectivity index (χ2v) is 13.6. The van der Waals surface area contributed by atoms with Gasteiger partial charge >= 0.3 is 6.03 Å². The van der Waals surface area contributed by atoms with Crippen LogP contribution in [-0.4, -0.2) is 56.7 Å². The number of amides is 4. The van der Waals surface area contributed by atoms with Crippen LogP contribution in [-0.2, 0) is 22.6 Å². The minimum atomic E-state index is -1.59. The van der Waals surface area contributed by atoms with Gasteiger partial charge in [-0.1, -0.05) is 97.1 Å². The Bertz CT molecular complexity index is 1650. The number of aliphatic hydroxyl groups is 1. The molecule has 3 unspecified atom stereocenters. The molecule has 4 amide bonds. The summed E-state index contributed by atoms with van der Waals surface area (Å²) in [6.45, 7) is 6.16. The summed E-state index contributed by atoms with van der Waals surface area (Å²) in [5.41, 5.74) is 5.54. The summed E-state index contributed by atoms with van der Waals surface area (Å²) in [6, 6.07) is 32.2. The highest BCUT2D eigenvalue weighted by atomic mass is 32.2.